The maximum absolute atomic E-state index is 10.4. The van der Waals surface area contributed by atoms with Crippen LogP contribution < -0.4 is 0 Å². The quantitative estimate of drug-likeness (QED) is 0.158. The first-order valence-corrected chi connectivity index (χ1v) is 11.8. The van der Waals surface area contributed by atoms with Crippen molar-refractivity contribution in [3.8, 4) is 0 Å². The molecule has 0 atom stereocenters. The van der Waals surface area contributed by atoms with E-state index in [2.05, 4.69) is 19.1 Å². The number of carboxylic acid groups (broad SMARTS) is 1. The molecule has 0 aromatic carbocycles. The molecule has 3 N–H and O–H groups in total. The van der Waals surface area contributed by atoms with Gasteiger partial charge >= 0.3 is 5.97 Å². The highest BCUT2D eigenvalue weighted by atomic mass is 16.4. The average molecular weight is 401 g/mol. The molecule has 0 aromatic heterocycles. The zero-order valence-corrected chi connectivity index (χ0v) is 18.5. The molecule has 0 rings (SSSR count). The van der Waals surface area contributed by atoms with Crippen LogP contribution in [0.3, 0.4) is 0 Å². The van der Waals surface area contributed by atoms with Crippen LogP contribution in [0, 0.1) is 0 Å². The van der Waals surface area contributed by atoms with E-state index in [1.807, 2.05) is 0 Å². The molecule has 0 unspecified atom stereocenters. The van der Waals surface area contributed by atoms with Gasteiger partial charge in [0.25, 0.3) is 0 Å². The molecule has 0 aliphatic carbocycles. The molecule has 0 fully saturated rings. The predicted octanol–water partition coefficient (Wildman–Crippen LogP) is 6.64. The topological polar surface area (TPSA) is 77.8 Å². The Labute approximate surface area is 174 Å². The Bertz CT molecular complexity index is 314. The predicted molar refractivity (Wildman–Crippen MR) is 120 cm³/mol. The Morgan fingerprint density at radius 2 is 0.964 bits per heavy atom. The summed E-state index contributed by atoms with van der Waals surface area (Å²) in [6, 6.07) is 0. The fourth-order valence-electron chi connectivity index (χ4n) is 3.05. The van der Waals surface area contributed by atoms with Crippen LogP contribution in [0.25, 0.3) is 0 Å². The Balaban J connectivity index is 0. The highest BCUT2D eigenvalue weighted by Gasteiger charge is 1.96. The molecule has 28 heavy (non-hydrogen) atoms. The molecule has 0 aromatic rings. The number of unbranched alkanes of at least 4 members (excludes halogenated alkanes) is 15. The van der Waals surface area contributed by atoms with Crippen molar-refractivity contribution >= 4 is 5.97 Å². The molecule has 0 heterocycles. The van der Waals surface area contributed by atoms with Crippen LogP contribution in [0.5, 0.6) is 0 Å². The second-order valence-electron chi connectivity index (χ2n) is 7.59. The Hall–Kier alpha value is -0.870. The van der Waals surface area contributed by atoms with Gasteiger partial charge < -0.3 is 15.3 Å². The van der Waals surface area contributed by atoms with E-state index in [0.29, 0.717) is 6.42 Å². The van der Waals surface area contributed by atoms with Gasteiger partial charge in [-0.15, -0.1) is 0 Å². The van der Waals surface area contributed by atoms with Gasteiger partial charge in [-0.3, -0.25) is 4.79 Å². The zero-order valence-electron chi connectivity index (χ0n) is 18.5. The lowest BCUT2D eigenvalue weighted by Crippen LogP contribution is -1.93. The summed E-state index contributed by atoms with van der Waals surface area (Å²) in [4.78, 5) is 10.4. The number of aliphatic carboxylic acids is 1. The van der Waals surface area contributed by atoms with E-state index in [9.17, 15) is 4.79 Å². The van der Waals surface area contributed by atoms with Crippen molar-refractivity contribution in [3.63, 3.8) is 0 Å². The van der Waals surface area contributed by atoms with Gasteiger partial charge in [-0.25, -0.2) is 0 Å². The van der Waals surface area contributed by atoms with Crippen LogP contribution >= 0.6 is 0 Å². The van der Waals surface area contributed by atoms with E-state index in [1.54, 1.807) is 0 Å². The number of carbonyl (C=O) groups is 1. The van der Waals surface area contributed by atoms with Gasteiger partial charge in [-0.05, 0) is 32.1 Å². The molecule has 0 aliphatic rings. The molecule has 0 bridgehead atoms. The smallest absolute Gasteiger partial charge is 0.303 e. The Morgan fingerprint density at radius 1 is 0.607 bits per heavy atom. The SMILES string of the molecule is CCCCCCCCC=CCCCCCCCCCCCC(=O)O.OCCO. The van der Waals surface area contributed by atoms with Crippen LogP contribution in [0.2, 0.25) is 0 Å². The van der Waals surface area contributed by atoms with Gasteiger partial charge in [0.15, 0.2) is 0 Å². The molecule has 0 saturated carbocycles. The van der Waals surface area contributed by atoms with Gasteiger partial charge in [0, 0.05) is 6.42 Å². The summed E-state index contributed by atoms with van der Waals surface area (Å²) in [6.07, 6.45) is 27.1. The number of aliphatic hydroxyl groups excluding tert-OH is 2. The lowest BCUT2D eigenvalue weighted by atomic mass is 10.1. The van der Waals surface area contributed by atoms with Crippen molar-refractivity contribution in [2.75, 3.05) is 13.2 Å². The summed E-state index contributed by atoms with van der Waals surface area (Å²) in [5, 5.41) is 23.8. The summed E-state index contributed by atoms with van der Waals surface area (Å²) in [6.45, 7) is 2.02. The summed E-state index contributed by atoms with van der Waals surface area (Å²) >= 11 is 0. The average Bonchev–Trinajstić information content (AvgIpc) is 2.69. The molecule has 4 nitrogen and oxygen atoms in total. The van der Waals surface area contributed by atoms with Crippen LogP contribution in [-0.2, 0) is 4.79 Å². The van der Waals surface area contributed by atoms with Gasteiger partial charge in [0.1, 0.15) is 0 Å². The second kappa shape index (κ2) is 28.3. The number of aliphatic hydroxyl groups is 2. The van der Waals surface area contributed by atoms with E-state index in [4.69, 9.17) is 15.3 Å². The van der Waals surface area contributed by atoms with E-state index in [-0.39, 0.29) is 13.2 Å². The summed E-state index contributed by atoms with van der Waals surface area (Å²) < 4.78 is 0. The van der Waals surface area contributed by atoms with Crippen molar-refractivity contribution in [3.05, 3.63) is 12.2 Å². The maximum Gasteiger partial charge on any atom is 0.303 e. The third-order valence-corrected chi connectivity index (χ3v) is 4.75. The van der Waals surface area contributed by atoms with Crippen molar-refractivity contribution in [2.45, 2.75) is 122 Å². The second-order valence-corrected chi connectivity index (χ2v) is 7.59. The van der Waals surface area contributed by atoms with Crippen molar-refractivity contribution in [1.29, 1.82) is 0 Å². The number of carboxylic acids is 1. The van der Waals surface area contributed by atoms with E-state index < -0.39 is 5.97 Å². The van der Waals surface area contributed by atoms with Gasteiger partial charge in [0.05, 0.1) is 13.2 Å². The minimum absolute atomic E-state index is 0.125. The normalized spacial score (nSPS) is 10.8. The van der Waals surface area contributed by atoms with Crippen LogP contribution in [0.15, 0.2) is 12.2 Å². The Morgan fingerprint density at radius 3 is 1.32 bits per heavy atom. The number of allylic oxidation sites excluding steroid dienone is 2. The highest BCUT2D eigenvalue weighted by Crippen LogP contribution is 2.12. The van der Waals surface area contributed by atoms with Crippen molar-refractivity contribution in [1.82, 2.24) is 0 Å². The fourth-order valence-corrected chi connectivity index (χ4v) is 3.05. The maximum atomic E-state index is 10.4. The molecule has 0 amide bonds. The van der Waals surface area contributed by atoms with Crippen LogP contribution in [0.4, 0.5) is 0 Å². The largest absolute Gasteiger partial charge is 0.481 e. The first kappa shape index (κ1) is 29.3. The lowest BCUT2D eigenvalue weighted by Gasteiger charge is -2.01. The molecule has 0 aliphatic heterocycles. The molecule has 0 spiro atoms. The van der Waals surface area contributed by atoms with Crippen LogP contribution in [0.1, 0.15) is 122 Å². The van der Waals surface area contributed by atoms with Crippen molar-refractivity contribution < 1.29 is 20.1 Å². The molecule has 0 radical (unpaired) electrons. The molecule has 0 saturated heterocycles. The minimum atomic E-state index is -0.656. The van der Waals surface area contributed by atoms with E-state index in [0.717, 1.165) is 12.8 Å². The summed E-state index contributed by atoms with van der Waals surface area (Å²) in [5.74, 6) is -0.656. The fraction of sp³-hybridized carbons (Fsp3) is 0.875. The molecular weight excluding hydrogens is 352 g/mol. The zero-order chi connectivity index (χ0) is 21.1. The third kappa shape index (κ3) is 32.8. The first-order valence-electron chi connectivity index (χ1n) is 11.8. The molecule has 4 heteroatoms. The Kier molecular flexibility index (Phi) is 29.7. The molecular formula is C24H48O4. The monoisotopic (exact) mass is 400 g/mol. The number of rotatable bonds is 20. The van der Waals surface area contributed by atoms with E-state index in [1.165, 1.54) is 96.3 Å². The standard InChI is InChI=1S/C22H42O2.C2H6O2/c1-2-3-4-5-6-7-8-9-10-11-12-13-14-15-16-17-18-19-20-21-22(23)24;3-1-2-4/h9-10H,2-8,11-21H2,1H3,(H,23,24);3-4H,1-2H2. The first-order chi connectivity index (χ1) is 13.7. The minimum Gasteiger partial charge on any atom is -0.481 e. The van der Waals surface area contributed by atoms with Gasteiger partial charge in [-0.1, -0.05) is 96.1 Å². The lowest BCUT2D eigenvalue weighted by molar-refractivity contribution is -0.137. The summed E-state index contributed by atoms with van der Waals surface area (Å²) in [5.41, 5.74) is 0. The third-order valence-electron chi connectivity index (χ3n) is 4.75. The van der Waals surface area contributed by atoms with Crippen molar-refractivity contribution in [2.24, 2.45) is 0 Å². The van der Waals surface area contributed by atoms with Gasteiger partial charge in [-0.2, -0.15) is 0 Å². The van der Waals surface area contributed by atoms with E-state index >= 15 is 0 Å². The highest BCUT2D eigenvalue weighted by molar-refractivity contribution is 5.66. The number of hydrogen-bond donors (Lipinski definition) is 3. The van der Waals surface area contributed by atoms with Crippen LogP contribution in [-0.4, -0.2) is 34.5 Å². The van der Waals surface area contributed by atoms with Gasteiger partial charge in [0.2, 0.25) is 0 Å². The molecule has 168 valence electrons. The summed E-state index contributed by atoms with van der Waals surface area (Å²) in [7, 11) is 0. The number of hydrogen-bond acceptors (Lipinski definition) is 3.